The van der Waals surface area contributed by atoms with Gasteiger partial charge >= 0.3 is 0 Å². The van der Waals surface area contributed by atoms with Crippen molar-refractivity contribution in [3.63, 3.8) is 0 Å². The highest BCUT2D eigenvalue weighted by Gasteiger charge is 2.15. The molecule has 1 aromatic carbocycles. The lowest BCUT2D eigenvalue weighted by molar-refractivity contribution is -0.116. The SMILES string of the molecule is O=C(CCc1ccccc1)Nc1nc(C(=O)Nc2ccc(N3CCOCC3)nc2)cs1. The molecule has 31 heavy (non-hydrogen) atoms. The van der Waals surface area contributed by atoms with Gasteiger partial charge in [0.2, 0.25) is 5.91 Å². The zero-order valence-electron chi connectivity index (χ0n) is 16.9. The monoisotopic (exact) mass is 437 g/mol. The second kappa shape index (κ2) is 10.1. The molecule has 0 saturated carbocycles. The van der Waals surface area contributed by atoms with E-state index in [1.54, 1.807) is 11.6 Å². The summed E-state index contributed by atoms with van der Waals surface area (Å²) in [6.45, 7) is 2.99. The number of nitrogens with zero attached hydrogens (tertiary/aromatic N) is 3. The van der Waals surface area contributed by atoms with Crippen molar-refractivity contribution in [1.82, 2.24) is 9.97 Å². The molecule has 1 saturated heterocycles. The summed E-state index contributed by atoms with van der Waals surface area (Å²) >= 11 is 1.22. The smallest absolute Gasteiger partial charge is 0.275 e. The van der Waals surface area contributed by atoms with Crippen LogP contribution in [0.3, 0.4) is 0 Å². The van der Waals surface area contributed by atoms with Gasteiger partial charge in [-0.05, 0) is 24.1 Å². The van der Waals surface area contributed by atoms with E-state index in [2.05, 4.69) is 25.5 Å². The summed E-state index contributed by atoms with van der Waals surface area (Å²) in [5.74, 6) is 0.380. The van der Waals surface area contributed by atoms with Crippen molar-refractivity contribution in [2.75, 3.05) is 41.8 Å². The highest BCUT2D eigenvalue weighted by molar-refractivity contribution is 7.14. The van der Waals surface area contributed by atoms with Gasteiger partial charge in [0.25, 0.3) is 5.91 Å². The number of morpholine rings is 1. The van der Waals surface area contributed by atoms with Gasteiger partial charge < -0.3 is 20.3 Å². The molecule has 1 aliphatic rings. The third-order valence-electron chi connectivity index (χ3n) is 4.81. The van der Waals surface area contributed by atoms with E-state index in [9.17, 15) is 9.59 Å². The number of nitrogens with one attached hydrogen (secondary N) is 2. The predicted octanol–water partition coefficient (Wildman–Crippen LogP) is 3.20. The van der Waals surface area contributed by atoms with Crippen molar-refractivity contribution in [2.45, 2.75) is 12.8 Å². The molecule has 0 aliphatic carbocycles. The molecule has 2 N–H and O–H groups in total. The molecule has 2 amide bonds. The summed E-state index contributed by atoms with van der Waals surface area (Å²) in [7, 11) is 0. The fourth-order valence-corrected chi connectivity index (χ4v) is 3.86. The third kappa shape index (κ3) is 5.87. The standard InChI is InChI=1S/C22H23N5O3S/c28-20(9-6-16-4-2-1-3-5-16)26-22-25-18(15-31-22)21(29)24-17-7-8-19(23-14-17)27-10-12-30-13-11-27/h1-5,7-8,14-15H,6,9-13H2,(H,24,29)(H,25,26,28). The lowest BCUT2D eigenvalue weighted by Gasteiger charge is -2.27. The van der Waals surface area contributed by atoms with Crippen LogP contribution in [-0.2, 0) is 16.0 Å². The Kier molecular flexibility index (Phi) is 6.85. The van der Waals surface area contributed by atoms with Crippen molar-refractivity contribution in [2.24, 2.45) is 0 Å². The molecular weight excluding hydrogens is 414 g/mol. The van der Waals surface area contributed by atoms with E-state index in [0.717, 1.165) is 24.5 Å². The third-order valence-corrected chi connectivity index (χ3v) is 5.57. The Balaban J connectivity index is 1.28. The van der Waals surface area contributed by atoms with Crippen LogP contribution in [0, 0.1) is 0 Å². The molecular formula is C22H23N5O3S. The van der Waals surface area contributed by atoms with Crippen LogP contribution in [0.15, 0.2) is 54.0 Å². The number of rotatable bonds is 7. The van der Waals surface area contributed by atoms with Gasteiger partial charge in [0, 0.05) is 24.9 Å². The highest BCUT2D eigenvalue weighted by Crippen LogP contribution is 2.19. The van der Waals surface area contributed by atoms with Crippen LogP contribution in [0.1, 0.15) is 22.5 Å². The molecule has 1 aliphatic heterocycles. The first-order chi connectivity index (χ1) is 15.2. The number of aromatic nitrogens is 2. The lowest BCUT2D eigenvalue weighted by atomic mass is 10.1. The Labute approximate surface area is 184 Å². The van der Waals surface area contributed by atoms with Crippen LogP contribution in [0.25, 0.3) is 0 Å². The van der Waals surface area contributed by atoms with Crippen LogP contribution in [0.5, 0.6) is 0 Å². The maximum Gasteiger partial charge on any atom is 0.275 e. The first-order valence-corrected chi connectivity index (χ1v) is 10.9. The van der Waals surface area contributed by atoms with E-state index in [1.165, 1.54) is 11.3 Å². The number of ether oxygens (including phenoxy) is 1. The normalized spacial score (nSPS) is 13.6. The molecule has 0 radical (unpaired) electrons. The zero-order chi connectivity index (χ0) is 21.5. The largest absolute Gasteiger partial charge is 0.378 e. The van der Waals surface area contributed by atoms with E-state index >= 15 is 0 Å². The number of thiazole rings is 1. The quantitative estimate of drug-likeness (QED) is 0.589. The van der Waals surface area contributed by atoms with Crippen molar-refractivity contribution in [1.29, 1.82) is 0 Å². The Morgan fingerprint density at radius 1 is 1.06 bits per heavy atom. The van der Waals surface area contributed by atoms with Gasteiger partial charge in [0.1, 0.15) is 11.5 Å². The summed E-state index contributed by atoms with van der Waals surface area (Å²) in [5.41, 5.74) is 1.94. The van der Waals surface area contributed by atoms with Crippen molar-refractivity contribution in [3.05, 3.63) is 65.3 Å². The maximum absolute atomic E-state index is 12.5. The topological polar surface area (TPSA) is 96.5 Å². The number of anilines is 3. The number of carbonyl (C=O) groups excluding carboxylic acids is 2. The Morgan fingerprint density at radius 3 is 2.61 bits per heavy atom. The molecule has 8 nitrogen and oxygen atoms in total. The summed E-state index contributed by atoms with van der Waals surface area (Å²) < 4.78 is 5.35. The van der Waals surface area contributed by atoms with Crippen LogP contribution in [0.4, 0.5) is 16.6 Å². The van der Waals surface area contributed by atoms with E-state index < -0.39 is 0 Å². The van der Waals surface area contributed by atoms with E-state index in [0.29, 0.717) is 36.9 Å². The van der Waals surface area contributed by atoms with Gasteiger partial charge in [0.05, 0.1) is 25.1 Å². The van der Waals surface area contributed by atoms with Gasteiger partial charge in [-0.1, -0.05) is 30.3 Å². The molecule has 4 rings (SSSR count). The molecule has 0 atom stereocenters. The minimum absolute atomic E-state index is 0.131. The highest BCUT2D eigenvalue weighted by atomic mass is 32.1. The first-order valence-electron chi connectivity index (χ1n) is 10.1. The summed E-state index contributed by atoms with van der Waals surface area (Å²) in [6.07, 6.45) is 2.63. The maximum atomic E-state index is 12.5. The second-order valence-electron chi connectivity index (χ2n) is 7.03. The Bertz CT molecular complexity index is 1020. The van der Waals surface area contributed by atoms with Crippen LogP contribution < -0.4 is 15.5 Å². The van der Waals surface area contributed by atoms with Crippen LogP contribution in [0.2, 0.25) is 0 Å². The molecule has 0 spiro atoms. The second-order valence-corrected chi connectivity index (χ2v) is 7.89. The molecule has 9 heteroatoms. The molecule has 3 heterocycles. The molecule has 0 bridgehead atoms. The molecule has 160 valence electrons. The summed E-state index contributed by atoms with van der Waals surface area (Å²) in [4.78, 5) is 35.4. The van der Waals surface area contributed by atoms with E-state index in [4.69, 9.17) is 4.74 Å². The van der Waals surface area contributed by atoms with Gasteiger partial charge in [-0.15, -0.1) is 11.3 Å². The first kappa shape index (κ1) is 21.0. The van der Waals surface area contributed by atoms with Crippen LogP contribution in [-0.4, -0.2) is 48.1 Å². The lowest BCUT2D eigenvalue weighted by Crippen LogP contribution is -2.36. The van der Waals surface area contributed by atoms with Crippen molar-refractivity contribution < 1.29 is 14.3 Å². The number of carbonyl (C=O) groups is 2. The number of benzene rings is 1. The van der Waals surface area contributed by atoms with Crippen molar-refractivity contribution >= 4 is 39.8 Å². The minimum Gasteiger partial charge on any atom is -0.378 e. The van der Waals surface area contributed by atoms with Gasteiger partial charge in [-0.2, -0.15) is 0 Å². The average Bonchev–Trinajstić information content (AvgIpc) is 3.28. The van der Waals surface area contributed by atoms with E-state index in [-0.39, 0.29) is 17.5 Å². The molecule has 0 unspecified atom stereocenters. The van der Waals surface area contributed by atoms with Crippen molar-refractivity contribution in [3.8, 4) is 0 Å². The van der Waals surface area contributed by atoms with E-state index in [1.807, 2.05) is 42.5 Å². The number of pyridine rings is 1. The molecule has 2 aromatic heterocycles. The Hall–Kier alpha value is -3.30. The molecule has 3 aromatic rings. The summed E-state index contributed by atoms with van der Waals surface area (Å²) in [5, 5.41) is 7.57. The Morgan fingerprint density at radius 2 is 1.87 bits per heavy atom. The minimum atomic E-state index is -0.345. The average molecular weight is 438 g/mol. The number of amides is 2. The zero-order valence-corrected chi connectivity index (χ0v) is 17.7. The number of hydrogen-bond acceptors (Lipinski definition) is 7. The van der Waals surface area contributed by atoms with Crippen LogP contribution >= 0.6 is 11.3 Å². The number of hydrogen-bond donors (Lipinski definition) is 2. The molecule has 1 fully saturated rings. The fourth-order valence-electron chi connectivity index (χ4n) is 3.15. The summed E-state index contributed by atoms with van der Waals surface area (Å²) in [6, 6.07) is 13.5. The van der Waals surface area contributed by atoms with Gasteiger partial charge in [-0.25, -0.2) is 9.97 Å². The van der Waals surface area contributed by atoms with Gasteiger partial charge in [-0.3, -0.25) is 9.59 Å². The number of aryl methyl sites for hydroxylation is 1. The van der Waals surface area contributed by atoms with Gasteiger partial charge in [0.15, 0.2) is 5.13 Å². The fraction of sp³-hybridized carbons (Fsp3) is 0.273. The predicted molar refractivity (Wildman–Crippen MR) is 121 cm³/mol.